The Morgan fingerprint density at radius 3 is 2.11 bits per heavy atom. The number of aryl methyl sites for hydroxylation is 2. The maximum absolute atomic E-state index is 5.33. The van der Waals surface area contributed by atoms with Gasteiger partial charge >= 0.3 is 0 Å². The Kier molecular flexibility index (Phi) is 6.19. The maximum atomic E-state index is 5.33. The number of aromatic nitrogens is 2. The van der Waals surface area contributed by atoms with Crippen molar-refractivity contribution in [2.45, 2.75) is 65.0 Å². The maximum Gasteiger partial charge on any atom is 0.178 e. The second kappa shape index (κ2) is 9.66. The minimum Gasteiger partial charge on any atom is -0.301 e. The largest absolute Gasteiger partial charge is 0.301 e. The van der Waals surface area contributed by atoms with Crippen LogP contribution >= 0.6 is 0 Å². The molecule has 0 fully saturated rings. The predicted molar refractivity (Wildman–Crippen MR) is 153 cm³/mol. The number of hydrogen-bond acceptors (Lipinski definition) is 4. The molecule has 2 aliphatic heterocycles. The van der Waals surface area contributed by atoms with Crippen LogP contribution in [0.4, 0.5) is 23.0 Å². The molecule has 0 spiro atoms. The van der Waals surface area contributed by atoms with Crippen LogP contribution in [0.15, 0.2) is 91.1 Å². The van der Waals surface area contributed by atoms with Gasteiger partial charge in [-0.1, -0.05) is 87.5 Å². The summed E-state index contributed by atoms with van der Waals surface area (Å²) in [6.45, 7) is 7.09. The van der Waals surface area contributed by atoms with E-state index in [9.17, 15) is 0 Å². The van der Waals surface area contributed by atoms with E-state index in [1.165, 1.54) is 22.5 Å². The minimum absolute atomic E-state index is 0.0610. The van der Waals surface area contributed by atoms with Crippen LogP contribution < -0.4 is 9.80 Å². The molecule has 0 N–H and O–H groups in total. The lowest BCUT2D eigenvalue weighted by atomic mass is 9.62. The van der Waals surface area contributed by atoms with E-state index in [2.05, 4.69) is 116 Å². The molecular formula is C33H36N4. The molecule has 2 unspecified atom stereocenters. The van der Waals surface area contributed by atoms with E-state index in [0.29, 0.717) is 5.92 Å². The second-order valence-corrected chi connectivity index (χ2v) is 10.4. The van der Waals surface area contributed by atoms with Crippen LogP contribution in [-0.2, 0) is 12.8 Å². The van der Waals surface area contributed by atoms with E-state index in [0.717, 1.165) is 49.4 Å². The summed E-state index contributed by atoms with van der Waals surface area (Å²) in [5, 5.41) is 0. The predicted octanol–water partition coefficient (Wildman–Crippen LogP) is 8.19. The van der Waals surface area contributed by atoms with Gasteiger partial charge in [-0.2, -0.15) is 0 Å². The summed E-state index contributed by atoms with van der Waals surface area (Å²) in [4.78, 5) is 15.5. The summed E-state index contributed by atoms with van der Waals surface area (Å²) < 4.78 is 0. The summed E-state index contributed by atoms with van der Waals surface area (Å²) in [6, 6.07) is 30.5. The topological polar surface area (TPSA) is 32.3 Å². The van der Waals surface area contributed by atoms with Crippen molar-refractivity contribution >= 4 is 23.0 Å². The van der Waals surface area contributed by atoms with E-state index in [1.54, 1.807) is 0 Å². The van der Waals surface area contributed by atoms with Crippen molar-refractivity contribution in [2.75, 3.05) is 9.80 Å². The van der Waals surface area contributed by atoms with Gasteiger partial charge in [-0.15, -0.1) is 0 Å². The van der Waals surface area contributed by atoms with E-state index in [-0.39, 0.29) is 11.6 Å². The first-order valence-corrected chi connectivity index (χ1v) is 13.8. The average Bonchev–Trinajstić information content (AvgIpc) is 3.31. The fraction of sp³-hybridized carbons (Fsp3) is 0.333. The molecule has 3 aromatic carbocycles. The first-order chi connectivity index (χ1) is 18.2. The molecule has 37 heavy (non-hydrogen) atoms. The van der Waals surface area contributed by atoms with Crippen LogP contribution in [0.1, 0.15) is 62.8 Å². The molecule has 6 rings (SSSR count). The molecule has 3 heterocycles. The molecular weight excluding hydrogens is 452 g/mol. The SMILES string of the molecule is CCC1c2ccccc2N2c3nc(CCc4ccccc4)cnc3N(c3ccccc3)C2C1(CC)CC. The van der Waals surface area contributed by atoms with Gasteiger partial charge in [0, 0.05) is 16.8 Å². The Morgan fingerprint density at radius 1 is 0.730 bits per heavy atom. The van der Waals surface area contributed by atoms with Crippen molar-refractivity contribution in [1.29, 1.82) is 0 Å². The van der Waals surface area contributed by atoms with Gasteiger partial charge in [0.1, 0.15) is 6.17 Å². The van der Waals surface area contributed by atoms with E-state index >= 15 is 0 Å². The summed E-state index contributed by atoms with van der Waals surface area (Å²) in [5.41, 5.74) is 6.35. The van der Waals surface area contributed by atoms with Gasteiger partial charge in [0.25, 0.3) is 0 Å². The standard InChI is InChI=1S/C33H36N4/c1-4-28-27-19-13-14-20-29(27)37-31-30(34-23-25(35-31)22-21-24-15-9-7-10-16-24)36(26-17-11-8-12-18-26)32(37)33(28,5-2)6-3/h7-20,23,28,32H,4-6,21-22H2,1-3H3. The quantitative estimate of drug-likeness (QED) is 0.262. The number of hydrogen-bond donors (Lipinski definition) is 0. The molecule has 0 aliphatic carbocycles. The van der Waals surface area contributed by atoms with E-state index in [4.69, 9.17) is 9.97 Å². The van der Waals surface area contributed by atoms with Gasteiger partial charge < -0.3 is 9.80 Å². The second-order valence-electron chi connectivity index (χ2n) is 10.4. The normalized spacial score (nSPS) is 19.3. The van der Waals surface area contributed by atoms with Gasteiger partial charge in [-0.3, -0.25) is 0 Å². The lowest BCUT2D eigenvalue weighted by molar-refractivity contribution is 0.143. The summed E-state index contributed by atoms with van der Waals surface area (Å²) in [7, 11) is 0. The van der Waals surface area contributed by atoms with Crippen molar-refractivity contribution in [3.63, 3.8) is 0 Å². The minimum atomic E-state index is 0.0610. The molecule has 0 saturated heterocycles. The van der Waals surface area contributed by atoms with E-state index in [1.807, 2.05) is 6.20 Å². The van der Waals surface area contributed by atoms with Crippen molar-refractivity contribution in [1.82, 2.24) is 9.97 Å². The fourth-order valence-electron chi connectivity index (χ4n) is 6.96. The number of para-hydroxylation sites is 2. The lowest BCUT2D eigenvalue weighted by Crippen LogP contribution is -2.57. The van der Waals surface area contributed by atoms with Crippen LogP contribution in [0.25, 0.3) is 0 Å². The number of fused-ring (bicyclic) bond motifs is 5. The highest BCUT2D eigenvalue weighted by atomic mass is 15.5. The zero-order chi connectivity index (χ0) is 25.4. The molecule has 4 aromatic rings. The van der Waals surface area contributed by atoms with Gasteiger partial charge in [0.05, 0.1) is 11.9 Å². The van der Waals surface area contributed by atoms with Gasteiger partial charge in [-0.05, 0) is 67.3 Å². The molecule has 0 amide bonds. The van der Waals surface area contributed by atoms with Crippen LogP contribution in [0.5, 0.6) is 0 Å². The Balaban J connectivity index is 1.53. The Labute approximate surface area is 221 Å². The Bertz CT molecular complexity index is 1360. The van der Waals surface area contributed by atoms with Gasteiger partial charge in [-0.25, -0.2) is 9.97 Å². The summed E-state index contributed by atoms with van der Waals surface area (Å²) in [6.07, 6.45) is 7.27. The van der Waals surface area contributed by atoms with Gasteiger partial charge in [0.2, 0.25) is 0 Å². The van der Waals surface area contributed by atoms with Crippen LogP contribution in [0.3, 0.4) is 0 Å². The number of benzene rings is 3. The fourth-order valence-corrected chi connectivity index (χ4v) is 6.96. The van der Waals surface area contributed by atoms with Crippen molar-refractivity contribution < 1.29 is 0 Å². The van der Waals surface area contributed by atoms with Crippen molar-refractivity contribution in [2.24, 2.45) is 5.41 Å². The van der Waals surface area contributed by atoms with Crippen molar-refractivity contribution in [3.05, 3.63) is 108 Å². The highest BCUT2D eigenvalue weighted by molar-refractivity contribution is 5.86. The summed E-state index contributed by atoms with van der Waals surface area (Å²) in [5.74, 6) is 2.43. The van der Waals surface area contributed by atoms with Crippen molar-refractivity contribution in [3.8, 4) is 0 Å². The first-order valence-electron chi connectivity index (χ1n) is 13.8. The molecule has 2 atom stereocenters. The highest BCUT2D eigenvalue weighted by Crippen LogP contribution is 2.62. The first kappa shape index (κ1) is 23.7. The smallest absolute Gasteiger partial charge is 0.178 e. The third kappa shape index (κ3) is 3.73. The van der Waals surface area contributed by atoms with E-state index < -0.39 is 0 Å². The zero-order valence-electron chi connectivity index (χ0n) is 22.1. The molecule has 4 nitrogen and oxygen atoms in total. The summed E-state index contributed by atoms with van der Waals surface area (Å²) >= 11 is 0. The Morgan fingerprint density at radius 2 is 1.41 bits per heavy atom. The monoisotopic (exact) mass is 488 g/mol. The molecule has 0 radical (unpaired) electrons. The molecule has 0 saturated carbocycles. The molecule has 188 valence electrons. The van der Waals surface area contributed by atoms with Crippen LogP contribution in [-0.4, -0.2) is 16.1 Å². The molecule has 0 bridgehead atoms. The van der Waals surface area contributed by atoms with Gasteiger partial charge in [0.15, 0.2) is 11.6 Å². The zero-order valence-corrected chi connectivity index (χ0v) is 22.1. The highest BCUT2D eigenvalue weighted by Gasteiger charge is 2.57. The third-order valence-electron chi connectivity index (χ3n) is 8.78. The number of nitrogens with zero attached hydrogens (tertiary/aromatic N) is 4. The Hall–Kier alpha value is -3.66. The lowest BCUT2D eigenvalue weighted by Gasteiger charge is -2.54. The molecule has 4 heteroatoms. The molecule has 1 aromatic heterocycles. The molecule has 2 aliphatic rings. The van der Waals surface area contributed by atoms with Crippen LogP contribution in [0.2, 0.25) is 0 Å². The number of anilines is 4. The third-order valence-corrected chi connectivity index (χ3v) is 8.78. The number of rotatable bonds is 7. The van der Waals surface area contributed by atoms with Crippen LogP contribution in [0, 0.1) is 5.41 Å². The average molecular weight is 489 g/mol.